The fourth-order valence-electron chi connectivity index (χ4n) is 11.1. The Bertz CT molecular complexity index is 3540. The fraction of sp³-hybridized carbons (Fsp3) is 0. The van der Waals surface area contributed by atoms with Gasteiger partial charge in [-0.25, -0.2) is 0 Å². The number of ether oxygens (including phenoxy) is 1. The van der Waals surface area contributed by atoms with Crippen molar-refractivity contribution in [2.24, 2.45) is 0 Å². The third-order valence-electron chi connectivity index (χ3n) is 13.9. The minimum atomic E-state index is -0.0752. The lowest BCUT2D eigenvalue weighted by Gasteiger charge is -2.43. The number of rotatable bonds is 5. The number of benzene rings is 10. The molecular formula is C60H37B2NOS2. The standard InChI is InChI=1S/C60H37B2NOS2/c1-4-18-38(19-5-1)42-24-10-11-25-43(42)41-34-51-58-53(35-41)64-52-30-14-12-28-46(52)61(58)48-36-49-57(66-56-33-17-32-55-59(56)62(49)47-29-13-15-31-54(47)65-55)37-50(48)63(51)60-44(39-20-6-2-7-21-39)26-16-27-45(60)40-22-8-3-9-23-40/h1-37H. The minimum Gasteiger partial charge on any atom is -0.458 e. The predicted octanol–water partition coefficient (Wildman–Crippen LogP) is 12.2. The van der Waals surface area contributed by atoms with Crippen molar-refractivity contribution in [3.63, 3.8) is 0 Å². The Hall–Kier alpha value is -7.37. The van der Waals surface area contributed by atoms with Gasteiger partial charge in [0, 0.05) is 42.1 Å². The first-order valence-corrected chi connectivity index (χ1v) is 24.3. The van der Waals surface area contributed by atoms with Gasteiger partial charge in [-0.1, -0.05) is 216 Å². The number of para-hydroxylation sites is 2. The van der Waals surface area contributed by atoms with E-state index in [0.717, 1.165) is 34.0 Å². The largest absolute Gasteiger partial charge is 0.458 e. The van der Waals surface area contributed by atoms with Crippen molar-refractivity contribution in [2.75, 3.05) is 4.90 Å². The van der Waals surface area contributed by atoms with Crippen molar-refractivity contribution >= 4 is 86.8 Å². The molecule has 0 saturated heterocycles. The highest BCUT2D eigenvalue weighted by atomic mass is 32.2. The summed E-state index contributed by atoms with van der Waals surface area (Å²) in [6.45, 7) is 0.0433. The summed E-state index contributed by atoms with van der Waals surface area (Å²) in [7, 11) is 0. The molecule has 0 spiro atoms. The summed E-state index contributed by atoms with van der Waals surface area (Å²) >= 11 is 3.83. The molecule has 10 aromatic rings. The van der Waals surface area contributed by atoms with Gasteiger partial charge in [-0.2, -0.15) is 0 Å². The molecule has 306 valence electrons. The van der Waals surface area contributed by atoms with E-state index in [1.165, 1.54) is 91.4 Å². The second-order valence-corrected chi connectivity index (χ2v) is 19.6. The Morgan fingerprint density at radius 3 is 1.53 bits per heavy atom. The summed E-state index contributed by atoms with van der Waals surface area (Å²) in [4.78, 5) is 7.93. The van der Waals surface area contributed by atoms with E-state index in [1.807, 2.05) is 23.5 Å². The zero-order valence-corrected chi connectivity index (χ0v) is 37.3. The molecule has 0 N–H and O–H groups in total. The summed E-state index contributed by atoms with van der Waals surface area (Å²) in [6.07, 6.45) is 0. The van der Waals surface area contributed by atoms with E-state index in [-0.39, 0.29) is 13.4 Å². The van der Waals surface area contributed by atoms with E-state index in [9.17, 15) is 0 Å². The van der Waals surface area contributed by atoms with Crippen LogP contribution < -0.4 is 42.4 Å². The van der Waals surface area contributed by atoms with Crippen molar-refractivity contribution in [1.29, 1.82) is 0 Å². The van der Waals surface area contributed by atoms with Gasteiger partial charge in [-0.3, -0.25) is 0 Å². The van der Waals surface area contributed by atoms with Crippen LogP contribution in [0, 0.1) is 0 Å². The third-order valence-corrected chi connectivity index (χ3v) is 16.2. The van der Waals surface area contributed by atoms with E-state index in [2.05, 4.69) is 229 Å². The smallest absolute Gasteiger partial charge is 0.256 e. The molecule has 4 heterocycles. The Morgan fingerprint density at radius 1 is 0.318 bits per heavy atom. The molecule has 0 bridgehead atoms. The summed E-state index contributed by atoms with van der Waals surface area (Å²) in [5.41, 5.74) is 20.6. The second kappa shape index (κ2) is 15.1. The maximum Gasteiger partial charge on any atom is 0.256 e. The lowest BCUT2D eigenvalue weighted by atomic mass is 9.32. The molecule has 6 heteroatoms. The molecule has 10 aromatic carbocycles. The van der Waals surface area contributed by atoms with Crippen LogP contribution in [0.4, 0.5) is 17.1 Å². The molecule has 0 aromatic heterocycles. The number of hydrogen-bond acceptors (Lipinski definition) is 4. The molecule has 0 aliphatic carbocycles. The molecular weight excluding hydrogens is 836 g/mol. The van der Waals surface area contributed by atoms with E-state index in [4.69, 9.17) is 4.74 Å². The fourth-order valence-corrected chi connectivity index (χ4v) is 13.5. The van der Waals surface area contributed by atoms with Crippen molar-refractivity contribution in [2.45, 2.75) is 19.6 Å². The summed E-state index contributed by atoms with van der Waals surface area (Å²) in [5, 5.41) is 0. The van der Waals surface area contributed by atoms with Crippen molar-refractivity contribution < 1.29 is 4.74 Å². The normalized spacial score (nSPS) is 13.4. The monoisotopic (exact) mass is 873 g/mol. The van der Waals surface area contributed by atoms with Gasteiger partial charge < -0.3 is 9.64 Å². The zero-order valence-electron chi connectivity index (χ0n) is 35.7. The number of nitrogens with zero attached hydrogens (tertiary/aromatic N) is 1. The first-order chi connectivity index (χ1) is 32.7. The quantitative estimate of drug-likeness (QED) is 0.160. The van der Waals surface area contributed by atoms with Crippen LogP contribution in [-0.4, -0.2) is 13.4 Å². The first kappa shape index (κ1) is 38.0. The Balaban J connectivity index is 1.11. The highest BCUT2D eigenvalue weighted by molar-refractivity contribution is 8.01. The Morgan fingerprint density at radius 2 is 0.833 bits per heavy atom. The molecule has 0 atom stereocenters. The first-order valence-electron chi connectivity index (χ1n) is 22.6. The van der Waals surface area contributed by atoms with E-state index < -0.39 is 0 Å². The number of hydrogen-bond donors (Lipinski definition) is 0. The maximum atomic E-state index is 7.20. The van der Waals surface area contributed by atoms with Crippen molar-refractivity contribution in [1.82, 2.24) is 0 Å². The van der Waals surface area contributed by atoms with Gasteiger partial charge in [0.1, 0.15) is 11.5 Å². The minimum absolute atomic E-state index is 0.0752. The zero-order chi connectivity index (χ0) is 43.3. The van der Waals surface area contributed by atoms with Crippen LogP contribution in [0.2, 0.25) is 0 Å². The SMILES string of the molecule is c1ccc(-c2ccccc2-c2cc3c4c(c2)N(c2c(-c5ccccc5)cccc2-c2ccccc2)c2cc5c(cc2B4c2ccccc2O3)B2c3ccccc3Sc3cccc(c32)S5)cc1. The van der Waals surface area contributed by atoms with Crippen LogP contribution in [0.5, 0.6) is 11.5 Å². The molecule has 2 nitrogen and oxygen atoms in total. The summed E-state index contributed by atoms with van der Waals surface area (Å²) in [5.74, 6) is 1.80. The van der Waals surface area contributed by atoms with Gasteiger partial charge >= 0.3 is 0 Å². The molecule has 0 saturated carbocycles. The molecule has 0 radical (unpaired) electrons. The van der Waals surface area contributed by atoms with E-state index in [0.29, 0.717) is 0 Å². The van der Waals surface area contributed by atoms with Crippen molar-refractivity contribution in [3.05, 3.63) is 224 Å². The van der Waals surface area contributed by atoms with Gasteiger partial charge in [0.25, 0.3) is 6.71 Å². The van der Waals surface area contributed by atoms with Crippen LogP contribution in [0.1, 0.15) is 0 Å². The van der Waals surface area contributed by atoms with Crippen LogP contribution in [0.15, 0.2) is 244 Å². The van der Waals surface area contributed by atoms with Gasteiger partial charge in [-0.15, -0.1) is 0 Å². The number of anilines is 3. The molecule has 4 aliphatic rings. The highest BCUT2D eigenvalue weighted by Gasteiger charge is 2.46. The van der Waals surface area contributed by atoms with Crippen molar-refractivity contribution in [3.8, 4) is 56.0 Å². The Kier molecular flexibility index (Phi) is 8.68. The predicted molar refractivity (Wildman–Crippen MR) is 280 cm³/mol. The molecule has 0 amide bonds. The molecule has 4 aliphatic heterocycles. The summed E-state index contributed by atoms with van der Waals surface area (Å²) in [6, 6.07) is 82.8. The van der Waals surface area contributed by atoms with Gasteiger partial charge in [0.05, 0.1) is 5.69 Å². The van der Waals surface area contributed by atoms with Crippen LogP contribution in [0.25, 0.3) is 44.5 Å². The average molecular weight is 874 g/mol. The van der Waals surface area contributed by atoms with E-state index in [1.54, 1.807) is 0 Å². The third kappa shape index (κ3) is 5.81. The topological polar surface area (TPSA) is 12.5 Å². The van der Waals surface area contributed by atoms with Gasteiger partial charge in [0.15, 0.2) is 0 Å². The molecule has 0 unspecified atom stereocenters. The second-order valence-electron chi connectivity index (χ2n) is 17.5. The molecule has 14 rings (SSSR count). The molecule has 0 fully saturated rings. The summed E-state index contributed by atoms with van der Waals surface area (Å²) < 4.78 is 7.20. The average Bonchev–Trinajstić information content (AvgIpc) is 3.38. The number of fused-ring (bicyclic) bond motifs is 8. The van der Waals surface area contributed by atoms with Crippen LogP contribution in [0.3, 0.4) is 0 Å². The maximum absolute atomic E-state index is 7.20. The van der Waals surface area contributed by atoms with Crippen LogP contribution in [-0.2, 0) is 0 Å². The Labute approximate surface area is 394 Å². The van der Waals surface area contributed by atoms with E-state index >= 15 is 0 Å². The molecule has 66 heavy (non-hydrogen) atoms. The van der Waals surface area contributed by atoms with Gasteiger partial charge in [-0.05, 0) is 97.7 Å². The highest BCUT2D eigenvalue weighted by Crippen LogP contribution is 2.51. The lowest BCUT2D eigenvalue weighted by Crippen LogP contribution is -2.63. The van der Waals surface area contributed by atoms with Crippen LogP contribution >= 0.6 is 23.5 Å². The van der Waals surface area contributed by atoms with Gasteiger partial charge in [0.2, 0.25) is 6.71 Å². The lowest BCUT2D eigenvalue weighted by molar-refractivity contribution is 0.488.